The minimum Gasteiger partial charge on any atom is -0.326 e. The molecule has 0 aliphatic heterocycles. The van der Waals surface area contributed by atoms with E-state index in [1.165, 1.54) is 25.7 Å². The van der Waals surface area contributed by atoms with Gasteiger partial charge in [-0.05, 0) is 76.2 Å². The smallest absolute Gasteiger partial charge is 0.272 e. The third-order valence-corrected chi connectivity index (χ3v) is 6.13. The van der Waals surface area contributed by atoms with Crippen molar-refractivity contribution in [3.63, 3.8) is 0 Å². The zero-order valence-corrected chi connectivity index (χ0v) is 19.0. The molecule has 0 unspecified atom stereocenters. The molecular weight excluding hydrogens is 412 g/mol. The molecular formula is C27H32N4O2. The van der Waals surface area contributed by atoms with E-state index in [0.717, 1.165) is 49.0 Å². The van der Waals surface area contributed by atoms with Gasteiger partial charge in [-0.15, -0.1) is 0 Å². The molecule has 1 aromatic heterocycles. The van der Waals surface area contributed by atoms with Crippen molar-refractivity contribution in [2.45, 2.75) is 51.4 Å². The molecule has 4 rings (SSSR count). The zero-order chi connectivity index (χ0) is 22.9. The number of rotatable bonds is 10. The fraction of sp³-hybridized carbons (Fsp3) is 0.370. The molecule has 0 bridgehead atoms. The molecule has 1 amide bonds. The monoisotopic (exact) mass is 444 g/mol. The van der Waals surface area contributed by atoms with Crippen LogP contribution in [0.5, 0.6) is 0 Å². The van der Waals surface area contributed by atoms with Crippen molar-refractivity contribution in [2.24, 2.45) is 0 Å². The Bertz CT molecular complexity index is 1180. The van der Waals surface area contributed by atoms with Crippen LogP contribution in [0.3, 0.4) is 0 Å². The molecule has 0 spiro atoms. The van der Waals surface area contributed by atoms with Crippen LogP contribution in [-0.4, -0.2) is 29.2 Å². The van der Waals surface area contributed by atoms with Crippen LogP contribution in [0.4, 0.5) is 5.69 Å². The maximum absolute atomic E-state index is 12.4. The second-order valence-corrected chi connectivity index (χ2v) is 8.64. The van der Waals surface area contributed by atoms with Crippen molar-refractivity contribution in [1.82, 2.24) is 15.5 Å². The summed E-state index contributed by atoms with van der Waals surface area (Å²) >= 11 is 0. The first-order valence-corrected chi connectivity index (χ1v) is 12.0. The van der Waals surface area contributed by atoms with E-state index < -0.39 is 0 Å². The maximum Gasteiger partial charge on any atom is 0.272 e. The summed E-state index contributed by atoms with van der Waals surface area (Å²) in [5, 5.41) is 14.7. The quantitative estimate of drug-likeness (QED) is 0.297. The van der Waals surface area contributed by atoms with Gasteiger partial charge in [0, 0.05) is 23.1 Å². The lowest BCUT2D eigenvalue weighted by Crippen LogP contribution is -2.18. The standard InChI is InChI=1S/C27H32N4O2/c32-25(15-6-7-17-28-18-16-20-9-2-1-3-10-20)29-22-12-8-11-21(19-22)26-23-13-4-5-14-24(23)27(33)31-30-26/h4-5,8-9,11-14,19,28H,1-3,6-7,10,15-18H2,(H,29,32)(H,31,33). The highest BCUT2D eigenvalue weighted by Gasteiger charge is 2.10. The van der Waals surface area contributed by atoms with Gasteiger partial charge in [-0.2, -0.15) is 5.10 Å². The second-order valence-electron chi connectivity index (χ2n) is 8.64. The Hall–Kier alpha value is -3.25. The summed E-state index contributed by atoms with van der Waals surface area (Å²) in [5.41, 5.74) is 3.65. The number of amides is 1. The van der Waals surface area contributed by atoms with Crippen LogP contribution in [0.15, 0.2) is 65.0 Å². The van der Waals surface area contributed by atoms with Gasteiger partial charge < -0.3 is 10.6 Å². The lowest BCUT2D eigenvalue weighted by Gasteiger charge is -2.12. The largest absolute Gasteiger partial charge is 0.326 e. The zero-order valence-electron chi connectivity index (χ0n) is 19.0. The second kappa shape index (κ2) is 11.6. The van der Waals surface area contributed by atoms with Gasteiger partial charge in [-0.1, -0.05) is 42.0 Å². The summed E-state index contributed by atoms with van der Waals surface area (Å²) in [4.78, 5) is 24.5. The Labute approximate surface area is 194 Å². The molecule has 33 heavy (non-hydrogen) atoms. The highest BCUT2D eigenvalue weighted by atomic mass is 16.1. The normalized spacial score (nSPS) is 13.6. The van der Waals surface area contributed by atoms with Crippen LogP contribution in [0, 0.1) is 0 Å². The lowest BCUT2D eigenvalue weighted by molar-refractivity contribution is -0.116. The van der Waals surface area contributed by atoms with Crippen molar-refractivity contribution >= 4 is 22.4 Å². The van der Waals surface area contributed by atoms with Gasteiger partial charge in [0.15, 0.2) is 0 Å². The number of benzene rings is 2. The van der Waals surface area contributed by atoms with Crippen LogP contribution >= 0.6 is 0 Å². The molecule has 3 aromatic rings. The molecule has 3 N–H and O–H groups in total. The van der Waals surface area contributed by atoms with Gasteiger partial charge in [-0.3, -0.25) is 9.59 Å². The highest BCUT2D eigenvalue weighted by Crippen LogP contribution is 2.26. The number of allylic oxidation sites excluding steroid dienone is 1. The van der Waals surface area contributed by atoms with E-state index in [1.54, 1.807) is 11.6 Å². The van der Waals surface area contributed by atoms with Gasteiger partial charge in [0.1, 0.15) is 0 Å². The number of carbonyl (C=O) groups is 1. The fourth-order valence-corrected chi connectivity index (χ4v) is 4.34. The molecule has 6 heteroatoms. The molecule has 0 fully saturated rings. The number of fused-ring (bicyclic) bond motifs is 1. The molecule has 1 heterocycles. The van der Waals surface area contributed by atoms with Crippen LogP contribution in [0.1, 0.15) is 51.4 Å². The van der Waals surface area contributed by atoms with E-state index in [2.05, 4.69) is 26.9 Å². The highest BCUT2D eigenvalue weighted by molar-refractivity contribution is 5.95. The van der Waals surface area contributed by atoms with Gasteiger partial charge >= 0.3 is 0 Å². The van der Waals surface area contributed by atoms with E-state index in [9.17, 15) is 9.59 Å². The van der Waals surface area contributed by atoms with Gasteiger partial charge in [-0.25, -0.2) is 5.10 Å². The van der Waals surface area contributed by atoms with E-state index in [-0.39, 0.29) is 11.5 Å². The van der Waals surface area contributed by atoms with E-state index in [1.807, 2.05) is 42.5 Å². The van der Waals surface area contributed by atoms with Gasteiger partial charge in [0.25, 0.3) is 5.56 Å². The maximum atomic E-state index is 12.4. The molecule has 6 nitrogen and oxygen atoms in total. The minimum atomic E-state index is -0.209. The molecule has 2 aromatic carbocycles. The third kappa shape index (κ3) is 6.39. The van der Waals surface area contributed by atoms with E-state index >= 15 is 0 Å². The number of aromatic nitrogens is 2. The topological polar surface area (TPSA) is 86.9 Å². The Morgan fingerprint density at radius 1 is 1.00 bits per heavy atom. The number of hydrogen-bond acceptors (Lipinski definition) is 4. The van der Waals surface area contributed by atoms with Gasteiger partial charge in [0.05, 0.1) is 11.1 Å². The Morgan fingerprint density at radius 2 is 1.88 bits per heavy atom. The summed E-state index contributed by atoms with van der Waals surface area (Å²) in [7, 11) is 0. The number of hydrogen-bond donors (Lipinski definition) is 3. The van der Waals surface area contributed by atoms with Crippen LogP contribution < -0.4 is 16.2 Å². The Kier molecular flexibility index (Phi) is 8.04. The SMILES string of the molecule is O=C(CCCCNCCC1=CCCCC1)Nc1cccc(-c2n[nH]c(=O)c3ccccc23)c1. The summed E-state index contributed by atoms with van der Waals surface area (Å²) in [6.45, 7) is 1.97. The first-order valence-electron chi connectivity index (χ1n) is 12.0. The molecule has 1 aliphatic carbocycles. The predicted octanol–water partition coefficient (Wildman–Crippen LogP) is 5.18. The minimum absolute atomic E-state index is 0.0128. The van der Waals surface area contributed by atoms with Crippen molar-refractivity contribution in [3.8, 4) is 11.3 Å². The summed E-state index contributed by atoms with van der Waals surface area (Å²) in [6.07, 6.45) is 11.1. The number of nitrogens with one attached hydrogen (secondary N) is 3. The molecule has 0 saturated carbocycles. The number of anilines is 1. The first kappa shape index (κ1) is 22.9. The van der Waals surface area contributed by atoms with E-state index in [4.69, 9.17) is 0 Å². The Morgan fingerprint density at radius 3 is 2.73 bits per heavy atom. The third-order valence-electron chi connectivity index (χ3n) is 6.13. The van der Waals surface area contributed by atoms with Crippen LogP contribution in [0.2, 0.25) is 0 Å². The fourth-order valence-electron chi connectivity index (χ4n) is 4.34. The predicted molar refractivity (Wildman–Crippen MR) is 134 cm³/mol. The number of carbonyl (C=O) groups excluding carboxylic acids is 1. The summed E-state index contributed by atoms with van der Waals surface area (Å²) in [5.74, 6) is 0.0128. The molecule has 0 saturated heterocycles. The van der Waals surface area contributed by atoms with Crippen molar-refractivity contribution in [2.75, 3.05) is 18.4 Å². The molecule has 0 radical (unpaired) electrons. The van der Waals surface area contributed by atoms with Crippen molar-refractivity contribution in [3.05, 3.63) is 70.5 Å². The number of aromatic amines is 1. The van der Waals surface area contributed by atoms with Crippen molar-refractivity contribution < 1.29 is 4.79 Å². The van der Waals surface area contributed by atoms with Crippen molar-refractivity contribution in [1.29, 1.82) is 0 Å². The van der Waals surface area contributed by atoms with Crippen LogP contribution in [-0.2, 0) is 4.79 Å². The first-order chi connectivity index (χ1) is 16.2. The number of unbranched alkanes of at least 4 members (excludes halogenated alkanes) is 1. The van der Waals surface area contributed by atoms with Gasteiger partial charge in [0.2, 0.25) is 5.91 Å². The molecule has 172 valence electrons. The average molecular weight is 445 g/mol. The average Bonchev–Trinajstić information content (AvgIpc) is 2.85. The summed E-state index contributed by atoms with van der Waals surface area (Å²) < 4.78 is 0. The number of H-pyrrole nitrogens is 1. The Balaban J connectivity index is 1.24. The van der Waals surface area contributed by atoms with Crippen LogP contribution in [0.25, 0.3) is 22.0 Å². The number of nitrogens with zero attached hydrogens (tertiary/aromatic N) is 1. The molecule has 1 aliphatic rings. The summed E-state index contributed by atoms with van der Waals surface area (Å²) in [6, 6.07) is 15.0. The van der Waals surface area contributed by atoms with E-state index in [0.29, 0.717) is 17.5 Å². The molecule has 0 atom stereocenters. The lowest BCUT2D eigenvalue weighted by atomic mass is 9.97.